The van der Waals surface area contributed by atoms with E-state index in [9.17, 15) is 14.4 Å². The Morgan fingerprint density at radius 1 is 1.22 bits per heavy atom. The summed E-state index contributed by atoms with van der Waals surface area (Å²) in [6.07, 6.45) is 1.73. The molecule has 6 nitrogen and oxygen atoms in total. The van der Waals surface area contributed by atoms with Crippen molar-refractivity contribution < 1.29 is 23.9 Å². The number of amides is 1. The van der Waals surface area contributed by atoms with Crippen molar-refractivity contribution in [2.45, 2.75) is 18.9 Å². The molecule has 1 aromatic carbocycles. The molecule has 1 aromatic rings. The van der Waals surface area contributed by atoms with Gasteiger partial charge in [0.25, 0.3) is 0 Å². The maximum absolute atomic E-state index is 12.6. The van der Waals surface area contributed by atoms with Crippen molar-refractivity contribution in [3.05, 3.63) is 29.8 Å². The summed E-state index contributed by atoms with van der Waals surface area (Å²) < 4.78 is 9.99. The lowest BCUT2D eigenvalue weighted by Gasteiger charge is -2.23. The number of rotatable bonds is 3. The fourth-order valence-corrected chi connectivity index (χ4v) is 4.40. The van der Waals surface area contributed by atoms with Gasteiger partial charge in [-0.3, -0.25) is 9.59 Å². The molecule has 0 unspecified atom stereocenters. The number of esters is 2. The van der Waals surface area contributed by atoms with Crippen molar-refractivity contribution in [3.63, 3.8) is 0 Å². The maximum Gasteiger partial charge on any atom is 0.337 e. The smallest absolute Gasteiger partial charge is 0.337 e. The van der Waals surface area contributed by atoms with Gasteiger partial charge in [0, 0.05) is 11.6 Å². The van der Waals surface area contributed by atoms with E-state index in [2.05, 4.69) is 10.1 Å². The Labute approximate surface area is 133 Å². The third kappa shape index (κ3) is 2.12. The normalized spacial score (nSPS) is 33.4. The molecule has 1 saturated heterocycles. The van der Waals surface area contributed by atoms with Gasteiger partial charge in [-0.25, -0.2) is 4.79 Å². The lowest BCUT2D eigenvalue weighted by atomic mass is 9.79. The predicted octanol–water partition coefficient (Wildman–Crippen LogP) is 1.61. The first-order chi connectivity index (χ1) is 11.1. The van der Waals surface area contributed by atoms with E-state index in [1.165, 1.54) is 7.11 Å². The molecule has 6 heteroatoms. The number of methoxy groups -OCH3 is 1. The highest BCUT2D eigenvalue weighted by molar-refractivity contribution is 5.97. The average molecular weight is 315 g/mol. The first kappa shape index (κ1) is 14.2. The maximum atomic E-state index is 12.6. The van der Waals surface area contributed by atoms with E-state index in [1.54, 1.807) is 24.3 Å². The summed E-state index contributed by atoms with van der Waals surface area (Å²) in [4.78, 5) is 36.0. The van der Waals surface area contributed by atoms with Crippen molar-refractivity contribution in [3.8, 4) is 0 Å². The van der Waals surface area contributed by atoms with Gasteiger partial charge in [0.1, 0.15) is 6.10 Å². The first-order valence-corrected chi connectivity index (χ1v) is 7.78. The van der Waals surface area contributed by atoms with Crippen molar-refractivity contribution >= 4 is 23.5 Å². The predicted molar refractivity (Wildman–Crippen MR) is 79.5 cm³/mol. The molecule has 0 aromatic heterocycles. The second kappa shape index (κ2) is 5.08. The molecule has 1 amide bonds. The van der Waals surface area contributed by atoms with Crippen LogP contribution in [0.15, 0.2) is 24.3 Å². The molecule has 0 spiro atoms. The Morgan fingerprint density at radius 2 is 1.96 bits per heavy atom. The second-order valence-electron chi connectivity index (χ2n) is 6.48. The molecule has 5 atom stereocenters. The van der Waals surface area contributed by atoms with E-state index in [-0.39, 0.29) is 41.7 Å². The molecule has 3 aliphatic rings. The molecule has 2 saturated carbocycles. The zero-order valence-corrected chi connectivity index (χ0v) is 12.7. The summed E-state index contributed by atoms with van der Waals surface area (Å²) in [6, 6.07) is 6.52. The number of hydrogen-bond donors (Lipinski definition) is 1. The van der Waals surface area contributed by atoms with Crippen LogP contribution in [-0.4, -0.2) is 31.1 Å². The summed E-state index contributed by atoms with van der Waals surface area (Å²) in [7, 11) is 1.32. The number of carbonyl (C=O) groups is 3. The van der Waals surface area contributed by atoms with E-state index < -0.39 is 5.97 Å². The van der Waals surface area contributed by atoms with Crippen molar-refractivity contribution in [1.82, 2.24) is 0 Å². The van der Waals surface area contributed by atoms with Gasteiger partial charge in [-0.05, 0) is 43.0 Å². The number of fused-ring (bicyclic) bond motifs is 1. The van der Waals surface area contributed by atoms with E-state index >= 15 is 0 Å². The lowest BCUT2D eigenvalue weighted by Crippen LogP contribution is -2.35. The highest BCUT2D eigenvalue weighted by Gasteiger charge is 2.63. The van der Waals surface area contributed by atoms with E-state index in [0.717, 1.165) is 12.8 Å². The summed E-state index contributed by atoms with van der Waals surface area (Å²) in [5, 5.41) is 2.86. The molecule has 2 aliphatic carbocycles. The average Bonchev–Trinajstić information content (AvgIpc) is 3.16. The number of carbonyl (C=O) groups excluding carboxylic acids is 3. The third-order valence-electron chi connectivity index (χ3n) is 5.36. The van der Waals surface area contributed by atoms with Gasteiger partial charge >= 0.3 is 11.9 Å². The molecule has 3 fully saturated rings. The minimum Gasteiger partial charge on any atom is -0.465 e. The molecular weight excluding hydrogens is 298 g/mol. The third-order valence-corrected chi connectivity index (χ3v) is 5.36. The van der Waals surface area contributed by atoms with Gasteiger partial charge < -0.3 is 14.8 Å². The quantitative estimate of drug-likeness (QED) is 0.857. The molecule has 1 heterocycles. The number of benzene rings is 1. The highest BCUT2D eigenvalue weighted by atomic mass is 16.6. The van der Waals surface area contributed by atoms with Crippen LogP contribution >= 0.6 is 0 Å². The molecule has 2 bridgehead atoms. The summed E-state index contributed by atoms with van der Waals surface area (Å²) in [5.41, 5.74) is 1.03. The number of nitrogens with one attached hydrogen (secondary N) is 1. The van der Waals surface area contributed by atoms with Gasteiger partial charge in [-0.15, -0.1) is 0 Å². The Bertz CT molecular complexity index is 681. The van der Waals surface area contributed by atoms with Gasteiger partial charge in [0.05, 0.1) is 24.5 Å². The van der Waals surface area contributed by atoms with Crippen LogP contribution in [0, 0.1) is 23.7 Å². The molecular formula is C17H17NO5. The minimum absolute atomic E-state index is 0.0286. The van der Waals surface area contributed by atoms with E-state index in [4.69, 9.17) is 4.74 Å². The lowest BCUT2D eigenvalue weighted by molar-refractivity contribution is -0.145. The van der Waals surface area contributed by atoms with Crippen LogP contribution in [0.2, 0.25) is 0 Å². The summed E-state index contributed by atoms with van der Waals surface area (Å²) >= 11 is 0. The zero-order valence-electron chi connectivity index (χ0n) is 12.7. The number of hydrogen-bond acceptors (Lipinski definition) is 5. The highest BCUT2D eigenvalue weighted by Crippen LogP contribution is 2.57. The molecule has 4 rings (SSSR count). The van der Waals surface area contributed by atoms with Gasteiger partial charge in [-0.1, -0.05) is 0 Å². The Hall–Kier alpha value is -2.37. The summed E-state index contributed by atoms with van der Waals surface area (Å²) in [6.45, 7) is 0. The summed E-state index contributed by atoms with van der Waals surface area (Å²) in [5.74, 6) is -0.914. The Morgan fingerprint density at radius 3 is 2.65 bits per heavy atom. The monoisotopic (exact) mass is 315 g/mol. The number of ether oxygens (including phenoxy) is 2. The van der Waals surface area contributed by atoms with Gasteiger partial charge in [0.2, 0.25) is 5.91 Å². The molecule has 1 aliphatic heterocycles. The molecule has 1 N–H and O–H groups in total. The number of anilines is 1. The van der Waals surface area contributed by atoms with Crippen LogP contribution in [0.5, 0.6) is 0 Å². The fourth-order valence-electron chi connectivity index (χ4n) is 4.40. The van der Waals surface area contributed by atoms with Crippen LogP contribution in [0.4, 0.5) is 5.69 Å². The van der Waals surface area contributed by atoms with Crippen molar-refractivity contribution in [1.29, 1.82) is 0 Å². The fraction of sp³-hybridized carbons (Fsp3) is 0.471. The Kier molecular flexibility index (Phi) is 3.14. The van der Waals surface area contributed by atoms with Crippen molar-refractivity contribution in [2.75, 3.05) is 12.4 Å². The molecule has 23 heavy (non-hydrogen) atoms. The van der Waals surface area contributed by atoms with E-state index in [1.807, 2.05) is 0 Å². The van der Waals surface area contributed by atoms with E-state index in [0.29, 0.717) is 11.3 Å². The minimum atomic E-state index is -0.421. The van der Waals surface area contributed by atoms with Crippen LogP contribution in [-0.2, 0) is 19.1 Å². The van der Waals surface area contributed by atoms with Crippen molar-refractivity contribution in [2.24, 2.45) is 23.7 Å². The molecule has 120 valence electrons. The second-order valence-corrected chi connectivity index (χ2v) is 6.48. The SMILES string of the molecule is COC(=O)c1ccc(NC(=O)[C@H]2[C@@H]3C[C@H]4[C@@H]2C(=O)O[C@@H]4C3)cc1. The first-order valence-electron chi connectivity index (χ1n) is 7.78. The topological polar surface area (TPSA) is 81.7 Å². The standard InChI is InChI=1S/C17H17NO5/c1-22-16(20)8-2-4-10(5-3-8)18-15(19)13-9-6-11-12(7-9)23-17(21)14(11)13/h2-5,9,11-14H,6-7H2,1H3,(H,18,19)/t9-,11-,12-,13+,14+/m1/s1. The van der Waals surface area contributed by atoms with Crippen LogP contribution in [0.1, 0.15) is 23.2 Å². The van der Waals surface area contributed by atoms with Crippen LogP contribution in [0.3, 0.4) is 0 Å². The van der Waals surface area contributed by atoms with Gasteiger partial charge in [0.15, 0.2) is 0 Å². The van der Waals surface area contributed by atoms with Gasteiger partial charge in [-0.2, -0.15) is 0 Å². The molecule has 0 radical (unpaired) electrons. The Balaban J connectivity index is 1.48. The zero-order chi connectivity index (χ0) is 16.1. The van der Waals surface area contributed by atoms with Crippen LogP contribution in [0.25, 0.3) is 0 Å². The van der Waals surface area contributed by atoms with Crippen LogP contribution < -0.4 is 5.32 Å². The largest absolute Gasteiger partial charge is 0.465 e.